The van der Waals surface area contributed by atoms with Crippen molar-refractivity contribution in [2.24, 2.45) is 11.8 Å². The van der Waals surface area contributed by atoms with Crippen molar-refractivity contribution in [1.29, 1.82) is 0 Å². The molecule has 1 aromatic rings. The van der Waals surface area contributed by atoms with E-state index in [1.165, 1.54) is 6.07 Å². The monoisotopic (exact) mass is 312 g/mol. The molecular weight excluding hydrogens is 295 g/mol. The molecule has 2 unspecified atom stereocenters. The third-order valence-electron chi connectivity index (χ3n) is 3.94. The molecule has 0 bridgehead atoms. The first-order valence-corrected chi connectivity index (χ1v) is 7.51. The molecule has 114 valence electrons. The fourth-order valence-electron chi connectivity index (χ4n) is 2.69. The van der Waals surface area contributed by atoms with Gasteiger partial charge < -0.3 is 4.74 Å². The molecule has 1 fully saturated rings. The highest BCUT2D eigenvalue weighted by atomic mass is 35.5. The Morgan fingerprint density at radius 3 is 2.71 bits per heavy atom. The number of hydrogen-bond donors (Lipinski definition) is 0. The van der Waals surface area contributed by atoms with Gasteiger partial charge in [0.25, 0.3) is 0 Å². The molecule has 0 amide bonds. The molecule has 2 atom stereocenters. The van der Waals surface area contributed by atoms with Gasteiger partial charge >= 0.3 is 5.97 Å². The number of ether oxygens (including phenoxy) is 1. The number of carbonyl (C=O) groups excluding carboxylic acids is 2. The normalized spacial score (nSPS) is 20.7. The molecule has 1 saturated carbocycles. The number of Topliss-reactive ketones (excluding diaryl/α,β-unsaturated/α-hetero) is 1. The van der Waals surface area contributed by atoms with E-state index in [1.54, 1.807) is 19.1 Å². The Morgan fingerprint density at radius 1 is 1.38 bits per heavy atom. The molecule has 1 aliphatic carbocycles. The molecule has 0 spiro atoms. The first kappa shape index (κ1) is 16.0. The van der Waals surface area contributed by atoms with Gasteiger partial charge in [0, 0.05) is 5.92 Å². The van der Waals surface area contributed by atoms with Gasteiger partial charge in [-0.2, -0.15) is 0 Å². The minimum Gasteiger partial charge on any atom is -0.466 e. The second kappa shape index (κ2) is 7.03. The zero-order valence-electron chi connectivity index (χ0n) is 11.9. The van der Waals surface area contributed by atoms with E-state index in [0.29, 0.717) is 6.42 Å². The summed E-state index contributed by atoms with van der Waals surface area (Å²) in [4.78, 5) is 23.4. The molecule has 5 heteroatoms. The SMILES string of the molecule is CCOC(=O)CC(=O)C1CCC1Cc1ccc(F)c(Cl)c1. The largest absolute Gasteiger partial charge is 0.466 e. The highest BCUT2D eigenvalue weighted by Gasteiger charge is 2.36. The minimum absolute atomic E-state index is 0.0575. The lowest BCUT2D eigenvalue weighted by atomic mass is 9.68. The van der Waals surface area contributed by atoms with Gasteiger partial charge in [0.2, 0.25) is 0 Å². The van der Waals surface area contributed by atoms with Crippen LogP contribution in [0.2, 0.25) is 5.02 Å². The van der Waals surface area contributed by atoms with E-state index in [-0.39, 0.29) is 35.7 Å². The maximum Gasteiger partial charge on any atom is 0.313 e. The van der Waals surface area contributed by atoms with Crippen LogP contribution in [0.3, 0.4) is 0 Å². The Kier molecular flexibility index (Phi) is 5.34. The maximum atomic E-state index is 13.1. The summed E-state index contributed by atoms with van der Waals surface area (Å²) in [5.41, 5.74) is 0.917. The van der Waals surface area contributed by atoms with Crippen molar-refractivity contribution in [2.45, 2.75) is 32.6 Å². The van der Waals surface area contributed by atoms with Crippen LogP contribution in [0.1, 0.15) is 31.7 Å². The van der Waals surface area contributed by atoms with Crippen LogP contribution in [0.4, 0.5) is 4.39 Å². The lowest BCUT2D eigenvalue weighted by molar-refractivity contribution is -0.147. The Labute approximate surface area is 128 Å². The third-order valence-corrected chi connectivity index (χ3v) is 4.23. The van der Waals surface area contributed by atoms with Crippen LogP contribution in [0.25, 0.3) is 0 Å². The highest BCUT2D eigenvalue weighted by molar-refractivity contribution is 6.30. The second-order valence-corrected chi connectivity index (χ2v) is 5.75. The molecule has 0 aromatic heterocycles. The van der Waals surface area contributed by atoms with E-state index < -0.39 is 11.8 Å². The zero-order valence-corrected chi connectivity index (χ0v) is 12.7. The number of esters is 1. The van der Waals surface area contributed by atoms with Crippen LogP contribution in [0.5, 0.6) is 0 Å². The molecule has 3 nitrogen and oxygen atoms in total. The van der Waals surface area contributed by atoms with Crippen LogP contribution in [0, 0.1) is 17.7 Å². The van der Waals surface area contributed by atoms with Crippen molar-refractivity contribution in [3.05, 3.63) is 34.6 Å². The predicted octanol–water partition coefficient (Wildman–Crippen LogP) is 3.57. The van der Waals surface area contributed by atoms with Crippen LogP contribution in [-0.4, -0.2) is 18.4 Å². The average molecular weight is 313 g/mol. The van der Waals surface area contributed by atoms with Crippen LogP contribution in [-0.2, 0) is 20.7 Å². The summed E-state index contributed by atoms with van der Waals surface area (Å²) < 4.78 is 17.9. The fraction of sp³-hybridized carbons (Fsp3) is 0.500. The quantitative estimate of drug-likeness (QED) is 0.596. The minimum atomic E-state index is -0.460. The van der Waals surface area contributed by atoms with Crippen LogP contribution >= 0.6 is 11.6 Å². The van der Waals surface area contributed by atoms with E-state index in [2.05, 4.69) is 0 Å². The number of benzene rings is 1. The fourth-order valence-corrected chi connectivity index (χ4v) is 2.90. The molecule has 1 aromatic carbocycles. The standard InChI is InChI=1S/C16H18ClFO3/c1-2-21-16(20)9-15(19)12-5-4-11(12)7-10-3-6-14(18)13(17)8-10/h3,6,8,11-12H,2,4-5,7,9H2,1H3. The molecule has 0 heterocycles. The number of halogens is 2. The Hall–Kier alpha value is -1.42. The summed E-state index contributed by atoms with van der Waals surface area (Å²) in [6.45, 7) is 2.00. The van der Waals surface area contributed by atoms with Gasteiger partial charge in [0.15, 0.2) is 0 Å². The van der Waals surface area contributed by atoms with Gasteiger partial charge in [0.1, 0.15) is 18.0 Å². The first-order chi connectivity index (χ1) is 10.0. The second-order valence-electron chi connectivity index (χ2n) is 5.34. The van der Waals surface area contributed by atoms with E-state index >= 15 is 0 Å². The molecule has 1 aliphatic rings. The van der Waals surface area contributed by atoms with E-state index in [9.17, 15) is 14.0 Å². The lowest BCUT2D eigenvalue weighted by Gasteiger charge is -2.35. The van der Waals surface area contributed by atoms with Crippen molar-refractivity contribution in [2.75, 3.05) is 6.61 Å². The summed E-state index contributed by atoms with van der Waals surface area (Å²) in [6.07, 6.45) is 2.27. The number of ketones is 1. The summed E-state index contributed by atoms with van der Waals surface area (Å²) in [6, 6.07) is 4.63. The number of hydrogen-bond acceptors (Lipinski definition) is 3. The third kappa shape index (κ3) is 4.03. The molecule has 0 radical (unpaired) electrons. The van der Waals surface area contributed by atoms with E-state index in [0.717, 1.165) is 18.4 Å². The molecule has 0 aliphatic heterocycles. The first-order valence-electron chi connectivity index (χ1n) is 7.13. The van der Waals surface area contributed by atoms with Crippen LogP contribution in [0.15, 0.2) is 18.2 Å². The average Bonchev–Trinajstić information content (AvgIpc) is 2.38. The summed E-state index contributed by atoms with van der Waals surface area (Å²) >= 11 is 5.76. The van der Waals surface area contributed by atoms with Gasteiger partial charge in [-0.25, -0.2) is 4.39 Å². The number of rotatable bonds is 6. The van der Waals surface area contributed by atoms with Crippen molar-refractivity contribution in [3.8, 4) is 0 Å². The number of carbonyl (C=O) groups is 2. The van der Waals surface area contributed by atoms with Crippen molar-refractivity contribution in [3.63, 3.8) is 0 Å². The highest BCUT2D eigenvalue weighted by Crippen LogP contribution is 2.38. The zero-order chi connectivity index (χ0) is 15.4. The summed E-state index contributed by atoms with van der Waals surface area (Å²) in [5.74, 6) is -0.855. The Bertz CT molecular complexity index is 544. The summed E-state index contributed by atoms with van der Waals surface area (Å²) in [7, 11) is 0. The van der Waals surface area contributed by atoms with Gasteiger partial charge in [0.05, 0.1) is 11.6 Å². The predicted molar refractivity (Wildman–Crippen MR) is 77.6 cm³/mol. The van der Waals surface area contributed by atoms with Gasteiger partial charge in [-0.1, -0.05) is 17.7 Å². The topological polar surface area (TPSA) is 43.4 Å². The molecule has 21 heavy (non-hydrogen) atoms. The lowest BCUT2D eigenvalue weighted by Crippen LogP contribution is -2.35. The molecular formula is C16H18ClFO3. The van der Waals surface area contributed by atoms with Crippen LogP contribution < -0.4 is 0 Å². The van der Waals surface area contributed by atoms with Crippen molar-refractivity contribution in [1.82, 2.24) is 0 Å². The van der Waals surface area contributed by atoms with Gasteiger partial charge in [-0.3, -0.25) is 9.59 Å². The molecule has 2 rings (SSSR count). The van der Waals surface area contributed by atoms with Crippen molar-refractivity contribution < 1.29 is 18.7 Å². The molecule has 0 N–H and O–H groups in total. The summed E-state index contributed by atoms with van der Waals surface area (Å²) in [5, 5.41) is 0.0984. The van der Waals surface area contributed by atoms with Crippen molar-refractivity contribution >= 4 is 23.4 Å². The Morgan fingerprint density at radius 2 is 2.14 bits per heavy atom. The Balaban J connectivity index is 1.91. The maximum absolute atomic E-state index is 13.1. The van der Waals surface area contributed by atoms with E-state index in [4.69, 9.17) is 16.3 Å². The van der Waals surface area contributed by atoms with E-state index in [1.807, 2.05) is 0 Å². The van der Waals surface area contributed by atoms with Gasteiger partial charge in [-0.05, 0) is 49.8 Å². The smallest absolute Gasteiger partial charge is 0.313 e. The molecule has 0 saturated heterocycles. The van der Waals surface area contributed by atoms with Gasteiger partial charge in [-0.15, -0.1) is 0 Å².